The molecule has 2 heterocycles. The summed E-state index contributed by atoms with van der Waals surface area (Å²) in [4.78, 5) is 1.33. The van der Waals surface area contributed by atoms with Crippen LogP contribution in [0.5, 0.6) is 0 Å². The molecule has 1 aromatic heterocycles. The summed E-state index contributed by atoms with van der Waals surface area (Å²) in [7, 11) is -4.27. The minimum absolute atomic E-state index is 0.209. The SMILES string of the molecule is O=S(=O)(Nc1ccc(-c2ccc(N3CCOCC3)nn2)cc1)c1cc(F)ccc1F. The fraction of sp³-hybridized carbons (Fsp3) is 0.200. The molecule has 1 fully saturated rings. The van der Waals surface area contributed by atoms with E-state index >= 15 is 0 Å². The van der Waals surface area contributed by atoms with Crippen LogP contribution in [0.15, 0.2) is 59.5 Å². The van der Waals surface area contributed by atoms with Gasteiger partial charge in [0.15, 0.2) is 5.82 Å². The number of nitrogens with one attached hydrogen (secondary N) is 1. The smallest absolute Gasteiger partial charge is 0.264 e. The van der Waals surface area contributed by atoms with E-state index in [1.165, 1.54) is 12.1 Å². The van der Waals surface area contributed by atoms with Gasteiger partial charge < -0.3 is 9.64 Å². The van der Waals surface area contributed by atoms with Gasteiger partial charge in [-0.3, -0.25) is 4.72 Å². The molecule has 0 saturated carbocycles. The maximum absolute atomic E-state index is 13.8. The highest BCUT2D eigenvalue weighted by molar-refractivity contribution is 7.92. The molecule has 1 saturated heterocycles. The predicted octanol–water partition coefficient (Wildman–Crippen LogP) is 3.06. The molecule has 0 radical (unpaired) electrons. The molecule has 4 rings (SSSR count). The van der Waals surface area contributed by atoms with Crippen molar-refractivity contribution in [1.82, 2.24) is 10.2 Å². The Bertz CT molecular complexity index is 1130. The van der Waals surface area contributed by atoms with Crippen LogP contribution in [0.25, 0.3) is 11.3 Å². The van der Waals surface area contributed by atoms with Crippen molar-refractivity contribution in [3.63, 3.8) is 0 Å². The van der Waals surface area contributed by atoms with E-state index in [2.05, 4.69) is 19.8 Å². The molecule has 10 heteroatoms. The van der Waals surface area contributed by atoms with E-state index in [-0.39, 0.29) is 5.69 Å². The van der Waals surface area contributed by atoms with Crippen molar-refractivity contribution in [2.45, 2.75) is 4.90 Å². The Kier molecular flexibility index (Phi) is 5.60. The zero-order valence-corrected chi connectivity index (χ0v) is 16.6. The number of rotatable bonds is 5. The van der Waals surface area contributed by atoms with Crippen LogP contribution >= 0.6 is 0 Å². The molecule has 7 nitrogen and oxygen atoms in total. The fourth-order valence-electron chi connectivity index (χ4n) is 3.04. The summed E-state index contributed by atoms with van der Waals surface area (Å²) in [6.07, 6.45) is 0. The molecule has 1 aliphatic rings. The van der Waals surface area contributed by atoms with Crippen molar-refractivity contribution < 1.29 is 21.9 Å². The van der Waals surface area contributed by atoms with Crippen molar-refractivity contribution in [1.29, 1.82) is 0 Å². The van der Waals surface area contributed by atoms with Gasteiger partial charge in [0, 0.05) is 24.3 Å². The number of sulfonamides is 1. The lowest BCUT2D eigenvalue weighted by Crippen LogP contribution is -2.36. The summed E-state index contributed by atoms with van der Waals surface area (Å²) < 4.78 is 59.4. The van der Waals surface area contributed by atoms with E-state index in [1.807, 2.05) is 12.1 Å². The molecule has 30 heavy (non-hydrogen) atoms. The standard InChI is InChI=1S/C20H18F2N4O3S/c21-15-3-6-17(22)19(13-15)30(27,28)25-16-4-1-14(2-5-16)18-7-8-20(24-23-18)26-9-11-29-12-10-26/h1-8,13,25H,9-12H2. The van der Waals surface area contributed by atoms with E-state index in [4.69, 9.17) is 4.74 Å². The monoisotopic (exact) mass is 432 g/mol. The van der Waals surface area contributed by atoms with Crippen LogP contribution in [0.2, 0.25) is 0 Å². The normalized spacial score (nSPS) is 14.5. The molecule has 0 atom stereocenters. The summed E-state index contributed by atoms with van der Waals surface area (Å²) in [5, 5.41) is 8.48. The summed E-state index contributed by atoms with van der Waals surface area (Å²) >= 11 is 0. The Labute approximate surface area is 172 Å². The van der Waals surface area contributed by atoms with Gasteiger partial charge in [0.1, 0.15) is 16.5 Å². The molecule has 0 bridgehead atoms. The van der Waals surface area contributed by atoms with Crippen LogP contribution in [0.3, 0.4) is 0 Å². The quantitative estimate of drug-likeness (QED) is 0.667. The highest BCUT2D eigenvalue weighted by Gasteiger charge is 2.20. The van der Waals surface area contributed by atoms with Crippen molar-refractivity contribution in [3.8, 4) is 11.3 Å². The van der Waals surface area contributed by atoms with E-state index in [1.54, 1.807) is 12.1 Å². The van der Waals surface area contributed by atoms with Gasteiger partial charge in [0.25, 0.3) is 10.0 Å². The zero-order valence-electron chi connectivity index (χ0n) is 15.8. The fourth-order valence-corrected chi connectivity index (χ4v) is 4.19. The van der Waals surface area contributed by atoms with Gasteiger partial charge in [-0.05, 0) is 42.5 Å². The first-order valence-corrected chi connectivity index (χ1v) is 10.7. The number of ether oxygens (including phenoxy) is 1. The first-order valence-electron chi connectivity index (χ1n) is 9.17. The third kappa shape index (κ3) is 4.39. The van der Waals surface area contributed by atoms with E-state index in [0.29, 0.717) is 25.0 Å². The van der Waals surface area contributed by atoms with Crippen LogP contribution in [0.4, 0.5) is 20.3 Å². The molecule has 2 aromatic carbocycles. The number of aromatic nitrogens is 2. The second kappa shape index (κ2) is 8.33. The molecule has 156 valence electrons. The highest BCUT2D eigenvalue weighted by atomic mass is 32.2. The van der Waals surface area contributed by atoms with Gasteiger partial charge in [-0.1, -0.05) is 12.1 Å². The minimum Gasteiger partial charge on any atom is -0.378 e. The molecule has 3 aromatic rings. The Morgan fingerprint density at radius 2 is 1.67 bits per heavy atom. The number of nitrogens with zero attached hydrogens (tertiary/aromatic N) is 3. The molecule has 0 spiro atoms. The van der Waals surface area contributed by atoms with Gasteiger partial charge in [-0.15, -0.1) is 10.2 Å². The number of benzene rings is 2. The lowest BCUT2D eigenvalue weighted by molar-refractivity contribution is 0.122. The van der Waals surface area contributed by atoms with Gasteiger partial charge in [-0.25, -0.2) is 17.2 Å². The topological polar surface area (TPSA) is 84.4 Å². The number of hydrogen-bond acceptors (Lipinski definition) is 6. The van der Waals surface area contributed by atoms with E-state index in [0.717, 1.165) is 36.6 Å². The van der Waals surface area contributed by atoms with Crippen LogP contribution in [-0.4, -0.2) is 44.9 Å². The zero-order chi connectivity index (χ0) is 21.1. The van der Waals surface area contributed by atoms with Crippen molar-refractivity contribution in [2.75, 3.05) is 35.9 Å². The lowest BCUT2D eigenvalue weighted by Gasteiger charge is -2.27. The van der Waals surface area contributed by atoms with Gasteiger partial charge in [0.05, 0.1) is 18.9 Å². The minimum atomic E-state index is -4.27. The molecule has 0 unspecified atom stereocenters. The van der Waals surface area contributed by atoms with Gasteiger partial charge in [-0.2, -0.15) is 0 Å². The molecule has 1 N–H and O–H groups in total. The predicted molar refractivity (Wildman–Crippen MR) is 108 cm³/mol. The second-order valence-corrected chi connectivity index (χ2v) is 8.28. The van der Waals surface area contributed by atoms with Crippen LogP contribution < -0.4 is 9.62 Å². The third-order valence-corrected chi connectivity index (χ3v) is 6.00. The Hall–Kier alpha value is -3.11. The molecule has 0 amide bonds. The molecule has 1 aliphatic heterocycles. The summed E-state index contributed by atoms with van der Waals surface area (Å²) in [6.45, 7) is 2.82. The number of anilines is 2. The summed E-state index contributed by atoms with van der Waals surface area (Å²) in [6, 6.07) is 12.3. The Morgan fingerprint density at radius 1 is 0.933 bits per heavy atom. The molecule has 0 aliphatic carbocycles. The highest BCUT2D eigenvalue weighted by Crippen LogP contribution is 2.24. The van der Waals surface area contributed by atoms with Crippen LogP contribution in [0.1, 0.15) is 0 Å². The average molecular weight is 432 g/mol. The van der Waals surface area contributed by atoms with Crippen LogP contribution in [0, 0.1) is 11.6 Å². The second-order valence-electron chi connectivity index (χ2n) is 6.63. The third-order valence-electron chi connectivity index (χ3n) is 4.60. The first kappa shape index (κ1) is 20.2. The maximum Gasteiger partial charge on any atom is 0.264 e. The number of hydrogen-bond donors (Lipinski definition) is 1. The van der Waals surface area contributed by atoms with Crippen molar-refractivity contribution >= 4 is 21.5 Å². The largest absolute Gasteiger partial charge is 0.378 e. The Morgan fingerprint density at radius 3 is 2.33 bits per heavy atom. The van der Waals surface area contributed by atoms with E-state index < -0.39 is 26.6 Å². The summed E-state index contributed by atoms with van der Waals surface area (Å²) in [5.74, 6) is -1.11. The van der Waals surface area contributed by atoms with Gasteiger partial charge in [0.2, 0.25) is 0 Å². The summed E-state index contributed by atoms with van der Waals surface area (Å²) in [5.41, 5.74) is 1.56. The van der Waals surface area contributed by atoms with Crippen molar-refractivity contribution in [3.05, 3.63) is 66.2 Å². The molecular formula is C20H18F2N4O3S. The molecular weight excluding hydrogens is 414 g/mol. The van der Waals surface area contributed by atoms with Crippen LogP contribution in [-0.2, 0) is 14.8 Å². The van der Waals surface area contributed by atoms with E-state index in [9.17, 15) is 17.2 Å². The van der Waals surface area contributed by atoms with Gasteiger partial charge >= 0.3 is 0 Å². The Balaban J connectivity index is 1.49. The lowest BCUT2D eigenvalue weighted by atomic mass is 10.1. The maximum atomic E-state index is 13.8. The van der Waals surface area contributed by atoms with Crippen molar-refractivity contribution in [2.24, 2.45) is 0 Å². The number of morpholine rings is 1. The first-order chi connectivity index (χ1) is 14.4. The number of halogens is 2. The average Bonchev–Trinajstić information content (AvgIpc) is 2.76.